The number of hydrogen-bond acceptors (Lipinski definition) is 5. The molecule has 0 saturated heterocycles. The van der Waals surface area contributed by atoms with E-state index in [2.05, 4.69) is 20.3 Å². The van der Waals surface area contributed by atoms with Gasteiger partial charge in [-0.3, -0.25) is 0 Å². The molecule has 1 heterocycles. The van der Waals surface area contributed by atoms with Gasteiger partial charge in [-0.1, -0.05) is 18.2 Å². The van der Waals surface area contributed by atoms with Gasteiger partial charge in [-0.05, 0) is 18.9 Å². The number of nitrogens with zero attached hydrogens (tertiary/aromatic N) is 3. The van der Waals surface area contributed by atoms with Gasteiger partial charge in [0.1, 0.15) is 11.6 Å². The van der Waals surface area contributed by atoms with E-state index in [4.69, 9.17) is 4.74 Å². The second-order valence-electron chi connectivity index (χ2n) is 4.88. The van der Waals surface area contributed by atoms with Crippen LogP contribution in [0.2, 0.25) is 0 Å². The van der Waals surface area contributed by atoms with Crippen molar-refractivity contribution in [1.82, 2.24) is 9.36 Å². The third kappa shape index (κ3) is 2.71. The second-order valence-corrected chi connectivity index (χ2v) is 5.61. The van der Waals surface area contributed by atoms with Crippen LogP contribution in [0.1, 0.15) is 30.1 Å². The summed E-state index contributed by atoms with van der Waals surface area (Å²) in [6, 6.07) is 8.08. The molecule has 0 bridgehead atoms. The van der Waals surface area contributed by atoms with Crippen molar-refractivity contribution in [1.29, 1.82) is 0 Å². The van der Waals surface area contributed by atoms with Gasteiger partial charge in [-0.25, -0.2) is 4.98 Å². The van der Waals surface area contributed by atoms with Crippen molar-refractivity contribution in [2.24, 2.45) is 0 Å². The van der Waals surface area contributed by atoms with E-state index in [-0.39, 0.29) is 0 Å². The highest BCUT2D eigenvalue weighted by atomic mass is 32.1. The average molecular weight is 275 g/mol. The van der Waals surface area contributed by atoms with E-state index in [9.17, 15) is 0 Å². The Morgan fingerprint density at radius 1 is 1.37 bits per heavy atom. The molecule has 1 aromatic carbocycles. The summed E-state index contributed by atoms with van der Waals surface area (Å²) in [5.74, 6) is 2.55. The van der Waals surface area contributed by atoms with Gasteiger partial charge >= 0.3 is 0 Å². The lowest BCUT2D eigenvalue weighted by atomic mass is 10.2. The van der Waals surface area contributed by atoms with Crippen LogP contribution in [-0.2, 0) is 6.54 Å². The normalized spacial score (nSPS) is 14.4. The van der Waals surface area contributed by atoms with Crippen LogP contribution in [0, 0.1) is 0 Å². The Hall–Kier alpha value is -1.62. The molecular formula is C14H17N3OS. The Labute approximate surface area is 117 Å². The molecule has 1 aliphatic carbocycles. The highest BCUT2D eigenvalue weighted by Crippen LogP contribution is 2.39. The summed E-state index contributed by atoms with van der Waals surface area (Å²) in [7, 11) is 3.75. The molecule has 1 saturated carbocycles. The summed E-state index contributed by atoms with van der Waals surface area (Å²) >= 11 is 1.48. The molecule has 100 valence electrons. The van der Waals surface area contributed by atoms with Gasteiger partial charge in [0.25, 0.3) is 0 Å². The maximum Gasteiger partial charge on any atom is 0.205 e. The van der Waals surface area contributed by atoms with Crippen molar-refractivity contribution in [3.63, 3.8) is 0 Å². The summed E-state index contributed by atoms with van der Waals surface area (Å²) in [6.07, 6.45) is 2.48. The Kier molecular flexibility index (Phi) is 3.38. The molecule has 3 rings (SSSR count). The first kappa shape index (κ1) is 12.4. The lowest BCUT2D eigenvalue weighted by Crippen LogP contribution is -2.16. The number of benzene rings is 1. The summed E-state index contributed by atoms with van der Waals surface area (Å²) < 4.78 is 9.82. The number of para-hydroxylation sites is 1. The number of rotatable bonds is 5. The minimum atomic E-state index is 0.615. The molecule has 0 aliphatic heterocycles. The van der Waals surface area contributed by atoms with E-state index in [0.717, 1.165) is 28.8 Å². The largest absolute Gasteiger partial charge is 0.496 e. The average Bonchev–Trinajstić information content (AvgIpc) is 3.17. The van der Waals surface area contributed by atoms with E-state index in [0.29, 0.717) is 5.92 Å². The lowest BCUT2D eigenvalue weighted by Gasteiger charge is -2.17. The molecule has 1 aliphatic rings. The van der Waals surface area contributed by atoms with E-state index >= 15 is 0 Å². The number of ether oxygens (including phenoxy) is 1. The van der Waals surface area contributed by atoms with Gasteiger partial charge in [0.15, 0.2) is 0 Å². The predicted octanol–water partition coefficient (Wildman–Crippen LogP) is 3.06. The third-order valence-corrected chi connectivity index (χ3v) is 4.14. The lowest BCUT2D eigenvalue weighted by molar-refractivity contribution is 0.409. The van der Waals surface area contributed by atoms with Gasteiger partial charge in [0.2, 0.25) is 5.13 Å². The van der Waals surface area contributed by atoms with Crippen molar-refractivity contribution in [2.75, 3.05) is 19.1 Å². The molecule has 1 aromatic heterocycles. The standard InChI is InChI=1S/C14H17N3OS/c1-17(9-11-5-3-4-6-12(11)18-2)14-15-13(16-19-14)10-7-8-10/h3-6,10H,7-9H2,1-2H3. The smallest absolute Gasteiger partial charge is 0.205 e. The van der Waals surface area contributed by atoms with E-state index in [1.807, 2.05) is 25.2 Å². The minimum Gasteiger partial charge on any atom is -0.496 e. The van der Waals surface area contributed by atoms with Crippen LogP contribution >= 0.6 is 11.5 Å². The highest BCUT2D eigenvalue weighted by molar-refractivity contribution is 7.09. The molecule has 0 atom stereocenters. The monoisotopic (exact) mass is 275 g/mol. The second kappa shape index (κ2) is 5.17. The molecule has 0 unspecified atom stereocenters. The maximum atomic E-state index is 5.38. The van der Waals surface area contributed by atoms with Crippen LogP contribution in [0.25, 0.3) is 0 Å². The molecule has 2 aromatic rings. The molecule has 0 spiro atoms. The van der Waals surface area contributed by atoms with Gasteiger partial charge < -0.3 is 9.64 Å². The number of methoxy groups -OCH3 is 1. The topological polar surface area (TPSA) is 38.2 Å². The van der Waals surface area contributed by atoms with Crippen LogP contribution in [-0.4, -0.2) is 23.5 Å². The first-order valence-corrected chi connectivity index (χ1v) is 7.22. The van der Waals surface area contributed by atoms with Gasteiger partial charge in [-0.2, -0.15) is 4.37 Å². The SMILES string of the molecule is COc1ccccc1CN(C)c1nc(C2CC2)ns1. The Morgan fingerprint density at radius 3 is 2.89 bits per heavy atom. The van der Waals surface area contributed by atoms with Crippen molar-refractivity contribution < 1.29 is 4.74 Å². The van der Waals surface area contributed by atoms with Gasteiger partial charge in [0.05, 0.1) is 7.11 Å². The van der Waals surface area contributed by atoms with Gasteiger partial charge in [0, 0.05) is 36.6 Å². The Morgan fingerprint density at radius 2 is 2.16 bits per heavy atom. The first-order valence-electron chi connectivity index (χ1n) is 6.44. The van der Waals surface area contributed by atoms with Crippen LogP contribution in [0.4, 0.5) is 5.13 Å². The molecule has 0 N–H and O–H groups in total. The zero-order chi connectivity index (χ0) is 13.2. The zero-order valence-corrected chi connectivity index (χ0v) is 12.0. The predicted molar refractivity (Wildman–Crippen MR) is 77.0 cm³/mol. The van der Waals surface area contributed by atoms with Crippen LogP contribution in [0.5, 0.6) is 5.75 Å². The van der Waals surface area contributed by atoms with E-state index < -0.39 is 0 Å². The fourth-order valence-electron chi connectivity index (χ4n) is 2.05. The number of aromatic nitrogens is 2. The molecular weight excluding hydrogens is 258 g/mol. The molecule has 0 amide bonds. The quantitative estimate of drug-likeness (QED) is 0.840. The number of anilines is 1. The molecule has 1 fully saturated rings. The summed E-state index contributed by atoms with van der Waals surface area (Å²) in [4.78, 5) is 6.74. The summed E-state index contributed by atoms with van der Waals surface area (Å²) in [6.45, 7) is 0.781. The Bertz CT molecular complexity index is 565. The van der Waals surface area contributed by atoms with Crippen LogP contribution < -0.4 is 9.64 Å². The fraction of sp³-hybridized carbons (Fsp3) is 0.429. The highest BCUT2D eigenvalue weighted by Gasteiger charge is 2.28. The molecule has 5 heteroatoms. The van der Waals surface area contributed by atoms with Crippen molar-refractivity contribution >= 4 is 16.7 Å². The van der Waals surface area contributed by atoms with E-state index in [1.165, 1.54) is 24.4 Å². The first-order chi connectivity index (χ1) is 9.28. The molecule has 0 radical (unpaired) electrons. The van der Waals surface area contributed by atoms with Gasteiger partial charge in [-0.15, -0.1) is 0 Å². The van der Waals surface area contributed by atoms with Crippen LogP contribution in [0.3, 0.4) is 0 Å². The van der Waals surface area contributed by atoms with E-state index in [1.54, 1.807) is 7.11 Å². The minimum absolute atomic E-state index is 0.615. The summed E-state index contributed by atoms with van der Waals surface area (Å²) in [5.41, 5.74) is 1.16. The van der Waals surface area contributed by atoms with Crippen LogP contribution in [0.15, 0.2) is 24.3 Å². The summed E-state index contributed by atoms with van der Waals surface area (Å²) in [5, 5.41) is 0.979. The number of hydrogen-bond donors (Lipinski definition) is 0. The van der Waals surface area contributed by atoms with Crippen molar-refractivity contribution in [2.45, 2.75) is 25.3 Å². The molecule has 4 nitrogen and oxygen atoms in total. The van der Waals surface area contributed by atoms with Crippen molar-refractivity contribution in [3.05, 3.63) is 35.7 Å². The third-order valence-electron chi connectivity index (χ3n) is 3.30. The fourth-order valence-corrected chi connectivity index (χ4v) is 2.75. The zero-order valence-electron chi connectivity index (χ0n) is 11.2. The Balaban J connectivity index is 1.74. The molecule has 19 heavy (non-hydrogen) atoms. The maximum absolute atomic E-state index is 5.38. The van der Waals surface area contributed by atoms with Crippen molar-refractivity contribution in [3.8, 4) is 5.75 Å².